The Kier molecular flexibility index (Phi) is 3.96. The lowest BCUT2D eigenvalue weighted by Gasteiger charge is -2.29. The van der Waals surface area contributed by atoms with Gasteiger partial charge in [0, 0.05) is 25.2 Å². The zero-order chi connectivity index (χ0) is 21.0. The highest BCUT2D eigenvalue weighted by atomic mass is 16.5. The van der Waals surface area contributed by atoms with E-state index in [1.165, 1.54) is 18.7 Å². The lowest BCUT2D eigenvalue weighted by molar-refractivity contribution is 0.0968. The molecule has 0 N–H and O–H groups in total. The van der Waals surface area contributed by atoms with Gasteiger partial charge >= 0.3 is 5.69 Å². The number of carbonyl (C=O) groups is 1. The summed E-state index contributed by atoms with van der Waals surface area (Å²) in [6, 6.07) is 20.2. The molecule has 3 aromatic carbocycles. The average molecular weight is 398 g/mol. The molecule has 0 saturated heterocycles. The van der Waals surface area contributed by atoms with Crippen LogP contribution in [0, 0.1) is 0 Å². The number of ether oxygens (including phenoxy) is 1. The lowest BCUT2D eigenvalue weighted by Crippen LogP contribution is -2.42. The van der Waals surface area contributed by atoms with Gasteiger partial charge in [-0.3, -0.25) is 18.7 Å². The normalized spacial score (nSPS) is 14.7. The van der Waals surface area contributed by atoms with E-state index in [2.05, 4.69) is 0 Å². The molecule has 2 heterocycles. The minimum atomic E-state index is -0.886. The highest BCUT2D eigenvalue weighted by molar-refractivity contribution is 6.07. The molecule has 6 nitrogen and oxygen atoms in total. The van der Waals surface area contributed by atoms with Crippen LogP contribution in [0.3, 0.4) is 0 Å². The Morgan fingerprint density at radius 3 is 2.30 bits per heavy atom. The summed E-state index contributed by atoms with van der Waals surface area (Å²) < 4.78 is 8.34. The van der Waals surface area contributed by atoms with E-state index >= 15 is 0 Å². The number of nitrogens with zero attached hydrogens (tertiary/aromatic N) is 2. The first-order valence-electron chi connectivity index (χ1n) is 9.57. The summed E-state index contributed by atoms with van der Waals surface area (Å²) in [6.45, 7) is 0. The Balaban J connectivity index is 1.91. The molecule has 1 atom stereocenters. The molecule has 1 aliphatic rings. The molecule has 0 amide bonds. The van der Waals surface area contributed by atoms with Crippen molar-refractivity contribution < 1.29 is 9.53 Å². The number of Topliss-reactive ketones (excluding diaryl/α,β-unsaturated/α-hetero) is 1. The molecule has 0 spiro atoms. The first-order chi connectivity index (χ1) is 14.5. The highest BCUT2D eigenvalue weighted by Crippen LogP contribution is 2.46. The fourth-order valence-corrected chi connectivity index (χ4v) is 4.16. The van der Waals surface area contributed by atoms with Crippen LogP contribution in [-0.4, -0.2) is 14.9 Å². The monoisotopic (exact) mass is 398 g/mol. The van der Waals surface area contributed by atoms with Crippen LogP contribution in [0.4, 0.5) is 0 Å². The summed E-state index contributed by atoms with van der Waals surface area (Å²) >= 11 is 0. The average Bonchev–Trinajstić information content (AvgIpc) is 2.80. The van der Waals surface area contributed by atoms with Crippen molar-refractivity contribution in [1.82, 2.24) is 9.13 Å². The largest absolute Gasteiger partial charge is 0.440 e. The van der Waals surface area contributed by atoms with Gasteiger partial charge in [0.1, 0.15) is 5.75 Å². The molecule has 0 saturated carbocycles. The third-order valence-electron chi connectivity index (χ3n) is 5.68. The summed E-state index contributed by atoms with van der Waals surface area (Å²) in [6.07, 6.45) is 0. The SMILES string of the molecule is Cn1c2c(c(=O)n(C)c1=O)C(C(=O)c1ccccc1)c1c(ccc3ccccc13)O2. The molecule has 0 radical (unpaired) electrons. The molecule has 1 aromatic heterocycles. The summed E-state index contributed by atoms with van der Waals surface area (Å²) in [5, 5.41) is 1.78. The zero-order valence-corrected chi connectivity index (χ0v) is 16.5. The second kappa shape index (κ2) is 6.56. The van der Waals surface area contributed by atoms with Gasteiger partial charge in [0.05, 0.1) is 11.5 Å². The van der Waals surface area contributed by atoms with Crippen molar-refractivity contribution in [3.8, 4) is 11.6 Å². The van der Waals surface area contributed by atoms with E-state index in [9.17, 15) is 14.4 Å². The van der Waals surface area contributed by atoms with Gasteiger partial charge in [-0.05, 0) is 16.8 Å². The van der Waals surface area contributed by atoms with Gasteiger partial charge < -0.3 is 4.74 Å². The van der Waals surface area contributed by atoms with Gasteiger partial charge in [0.25, 0.3) is 5.56 Å². The van der Waals surface area contributed by atoms with Crippen LogP contribution in [-0.2, 0) is 14.1 Å². The third-order valence-corrected chi connectivity index (χ3v) is 5.68. The van der Waals surface area contributed by atoms with Gasteiger partial charge in [-0.2, -0.15) is 0 Å². The van der Waals surface area contributed by atoms with Crippen molar-refractivity contribution in [2.75, 3.05) is 0 Å². The van der Waals surface area contributed by atoms with Crippen molar-refractivity contribution in [2.24, 2.45) is 14.1 Å². The van der Waals surface area contributed by atoms with Crippen LogP contribution in [0.15, 0.2) is 76.3 Å². The van der Waals surface area contributed by atoms with Crippen molar-refractivity contribution in [1.29, 1.82) is 0 Å². The summed E-state index contributed by atoms with van der Waals surface area (Å²) in [5.41, 5.74) is 0.280. The number of rotatable bonds is 2. The molecule has 148 valence electrons. The Labute approximate surface area is 171 Å². The maximum Gasteiger partial charge on any atom is 0.333 e. The standard InChI is InChI=1S/C24H18N2O4/c1-25-22(28)20-19(21(27)15-9-4-3-5-10-15)18-16-11-7-6-8-14(16)12-13-17(18)30-23(20)26(2)24(25)29/h3-13,19H,1-2H3. The van der Waals surface area contributed by atoms with E-state index in [0.717, 1.165) is 15.3 Å². The van der Waals surface area contributed by atoms with Crippen molar-refractivity contribution in [3.63, 3.8) is 0 Å². The molecule has 0 bridgehead atoms. The van der Waals surface area contributed by atoms with Crippen LogP contribution < -0.4 is 16.0 Å². The summed E-state index contributed by atoms with van der Waals surface area (Å²) in [7, 11) is 2.95. The zero-order valence-electron chi connectivity index (χ0n) is 16.5. The molecule has 5 rings (SSSR count). The van der Waals surface area contributed by atoms with Crippen molar-refractivity contribution in [3.05, 3.63) is 104 Å². The van der Waals surface area contributed by atoms with Gasteiger partial charge in [0.15, 0.2) is 5.78 Å². The third kappa shape index (κ3) is 2.47. The number of fused-ring (bicyclic) bond motifs is 4. The molecular weight excluding hydrogens is 380 g/mol. The van der Waals surface area contributed by atoms with E-state index in [4.69, 9.17) is 4.74 Å². The molecule has 0 aliphatic carbocycles. The smallest absolute Gasteiger partial charge is 0.333 e. The fourth-order valence-electron chi connectivity index (χ4n) is 4.16. The topological polar surface area (TPSA) is 70.3 Å². The van der Waals surface area contributed by atoms with E-state index < -0.39 is 17.2 Å². The van der Waals surface area contributed by atoms with Crippen molar-refractivity contribution in [2.45, 2.75) is 5.92 Å². The first-order valence-corrected chi connectivity index (χ1v) is 9.57. The van der Waals surface area contributed by atoms with Crippen LogP contribution in [0.1, 0.15) is 27.4 Å². The predicted octanol–water partition coefficient (Wildman–Crippen LogP) is 3.36. The van der Waals surface area contributed by atoms with Gasteiger partial charge in [-0.25, -0.2) is 4.79 Å². The van der Waals surface area contributed by atoms with E-state index in [0.29, 0.717) is 16.9 Å². The van der Waals surface area contributed by atoms with Gasteiger partial charge in [-0.15, -0.1) is 0 Å². The Morgan fingerprint density at radius 2 is 1.53 bits per heavy atom. The number of aromatic nitrogens is 2. The van der Waals surface area contributed by atoms with E-state index in [1.807, 2.05) is 36.4 Å². The summed E-state index contributed by atoms with van der Waals surface area (Å²) in [5.74, 6) is -0.518. The van der Waals surface area contributed by atoms with Crippen LogP contribution >= 0.6 is 0 Å². The van der Waals surface area contributed by atoms with Crippen molar-refractivity contribution >= 4 is 16.6 Å². The molecule has 6 heteroatoms. The molecule has 1 aliphatic heterocycles. The second-order valence-electron chi connectivity index (χ2n) is 7.39. The number of hydrogen-bond acceptors (Lipinski definition) is 4. The van der Waals surface area contributed by atoms with Gasteiger partial charge in [-0.1, -0.05) is 60.7 Å². The van der Waals surface area contributed by atoms with Crippen LogP contribution in [0.25, 0.3) is 10.8 Å². The number of hydrogen-bond donors (Lipinski definition) is 0. The minimum Gasteiger partial charge on any atom is -0.440 e. The van der Waals surface area contributed by atoms with E-state index in [-0.39, 0.29) is 17.2 Å². The molecule has 0 fully saturated rings. The van der Waals surface area contributed by atoms with E-state index in [1.54, 1.807) is 30.3 Å². The maximum atomic E-state index is 13.7. The maximum absolute atomic E-state index is 13.7. The highest BCUT2D eigenvalue weighted by Gasteiger charge is 2.39. The number of benzene rings is 3. The first kappa shape index (κ1) is 18.1. The van der Waals surface area contributed by atoms with Gasteiger partial charge in [0.2, 0.25) is 5.88 Å². The molecule has 4 aromatic rings. The van der Waals surface area contributed by atoms with Crippen LogP contribution in [0.2, 0.25) is 0 Å². The molecule has 30 heavy (non-hydrogen) atoms. The lowest BCUT2D eigenvalue weighted by atomic mass is 9.81. The van der Waals surface area contributed by atoms with Crippen LogP contribution in [0.5, 0.6) is 11.6 Å². The molecule has 1 unspecified atom stereocenters. The fraction of sp³-hybridized carbons (Fsp3) is 0.125. The molecular formula is C24H18N2O4. The number of carbonyl (C=O) groups excluding carboxylic acids is 1. The Morgan fingerprint density at radius 1 is 0.833 bits per heavy atom. The summed E-state index contributed by atoms with van der Waals surface area (Å²) in [4.78, 5) is 39.4. The minimum absolute atomic E-state index is 0.111. The Hall–Kier alpha value is -3.93. The number of ketones is 1. The quantitative estimate of drug-likeness (QED) is 0.486. The Bertz CT molecular complexity index is 1450. The predicted molar refractivity (Wildman–Crippen MR) is 114 cm³/mol. The second-order valence-corrected chi connectivity index (χ2v) is 7.39.